The maximum Gasteiger partial charge on any atom is 0.320 e. The minimum Gasteiger partial charge on any atom is -0.324 e. The van der Waals surface area contributed by atoms with Crippen molar-refractivity contribution in [3.8, 4) is 0 Å². The number of amides is 2. The number of hydrogen-bond donors (Lipinski definition) is 1. The van der Waals surface area contributed by atoms with Gasteiger partial charge in [0.25, 0.3) is 0 Å². The Balaban J connectivity index is 1.93. The molecule has 2 saturated heterocycles. The average Bonchev–Trinajstić information content (AvgIpc) is 2.28. The van der Waals surface area contributed by atoms with Crippen LogP contribution in [0.1, 0.15) is 26.7 Å². The van der Waals surface area contributed by atoms with E-state index in [2.05, 4.69) is 19.2 Å². The topological polar surface area (TPSA) is 35.6 Å². The van der Waals surface area contributed by atoms with Crippen LogP contribution >= 0.6 is 0 Å². The van der Waals surface area contributed by atoms with Gasteiger partial charge in [0.1, 0.15) is 0 Å². The average molecular weight is 225 g/mol. The number of nitrogens with zero attached hydrogens (tertiary/aromatic N) is 2. The summed E-state index contributed by atoms with van der Waals surface area (Å²) >= 11 is 0. The van der Waals surface area contributed by atoms with Gasteiger partial charge in [0.2, 0.25) is 0 Å². The maximum absolute atomic E-state index is 12.3. The van der Waals surface area contributed by atoms with Crippen LogP contribution in [0, 0.1) is 5.41 Å². The fraction of sp³-hybridized carbons (Fsp3) is 0.917. The SMILES string of the molecule is CC1(C)CCCN(C(=O)N2CCNCC2)C1. The van der Waals surface area contributed by atoms with Gasteiger partial charge in [-0.3, -0.25) is 0 Å². The highest BCUT2D eigenvalue weighted by atomic mass is 16.2. The van der Waals surface area contributed by atoms with E-state index in [4.69, 9.17) is 0 Å². The van der Waals surface area contributed by atoms with E-state index in [-0.39, 0.29) is 6.03 Å². The van der Waals surface area contributed by atoms with Gasteiger partial charge in [0.05, 0.1) is 0 Å². The molecule has 0 spiro atoms. The number of rotatable bonds is 0. The smallest absolute Gasteiger partial charge is 0.320 e. The first kappa shape index (κ1) is 11.7. The molecule has 1 N–H and O–H groups in total. The van der Waals surface area contributed by atoms with Crippen molar-refractivity contribution in [1.29, 1.82) is 0 Å². The minimum atomic E-state index is 0.245. The molecule has 0 aromatic rings. The second-order valence-corrected chi connectivity index (χ2v) is 5.71. The monoisotopic (exact) mass is 225 g/mol. The quantitative estimate of drug-likeness (QED) is 0.671. The number of carbonyl (C=O) groups is 1. The Kier molecular flexibility index (Phi) is 3.38. The van der Waals surface area contributed by atoms with Crippen molar-refractivity contribution in [2.24, 2.45) is 5.41 Å². The van der Waals surface area contributed by atoms with Crippen LogP contribution in [0.15, 0.2) is 0 Å². The molecule has 0 aromatic carbocycles. The molecule has 2 fully saturated rings. The molecule has 4 heteroatoms. The zero-order chi connectivity index (χ0) is 11.6. The predicted molar refractivity (Wildman–Crippen MR) is 64.4 cm³/mol. The fourth-order valence-corrected chi connectivity index (χ4v) is 2.64. The first-order valence-corrected chi connectivity index (χ1v) is 6.33. The molecule has 2 aliphatic rings. The Morgan fingerprint density at radius 1 is 1.12 bits per heavy atom. The molecule has 0 unspecified atom stereocenters. The van der Waals surface area contributed by atoms with Gasteiger partial charge >= 0.3 is 6.03 Å². The van der Waals surface area contributed by atoms with Gasteiger partial charge in [-0.2, -0.15) is 0 Å². The Morgan fingerprint density at radius 3 is 2.44 bits per heavy atom. The third-order valence-electron chi connectivity index (χ3n) is 3.56. The van der Waals surface area contributed by atoms with Gasteiger partial charge < -0.3 is 15.1 Å². The summed E-state index contributed by atoms with van der Waals surface area (Å²) in [5.74, 6) is 0. The highest BCUT2D eigenvalue weighted by molar-refractivity contribution is 5.74. The first-order valence-electron chi connectivity index (χ1n) is 6.33. The van der Waals surface area contributed by atoms with E-state index in [1.54, 1.807) is 0 Å². The molecule has 2 heterocycles. The Hall–Kier alpha value is -0.770. The summed E-state index contributed by atoms with van der Waals surface area (Å²) in [6, 6.07) is 0.245. The van der Waals surface area contributed by atoms with Crippen molar-refractivity contribution < 1.29 is 4.79 Å². The zero-order valence-electron chi connectivity index (χ0n) is 10.5. The number of nitrogens with one attached hydrogen (secondary N) is 1. The van der Waals surface area contributed by atoms with E-state index < -0.39 is 0 Å². The van der Waals surface area contributed by atoms with E-state index in [1.165, 1.54) is 6.42 Å². The second-order valence-electron chi connectivity index (χ2n) is 5.71. The van der Waals surface area contributed by atoms with Crippen LogP contribution in [0.3, 0.4) is 0 Å². The van der Waals surface area contributed by atoms with Crippen LogP contribution in [-0.4, -0.2) is 55.1 Å². The van der Waals surface area contributed by atoms with E-state index in [9.17, 15) is 4.79 Å². The summed E-state index contributed by atoms with van der Waals surface area (Å²) in [4.78, 5) is 16.3. The van der Waals surface area contributed by atoms with Gasteiger partial charge in [0.15, 0.2) is 0 Å². The van der Waals surface area contributed by atoms with Crippen LogP contribution in [0.25, 0.3) is 0 Å². The number of carbonyl (C=O) groups excluding carboxylic acids is 1. The lowest BCUT2D eigenvalue weighted by molar-refractivity contribution is 0.0990. The van der Waals surface area contributed by atoms with E-state index in [0.717, 1.165) is 45.7 Å². The number of piperazine rings is 1. The van der Waals surface area contributed by atoms with Crippen molar-refractivity contribution in [2.45, 2.75) is 26.7 Å². The van der Waals surface area contributed by atoms with E-state index in [0.29, 0.717) is 5.41 Å². The molecule has 0 aromatic heterocycles. The van der Waals surface area contributed by atoms with Gasteiger partial charge in [-0.15, -0.1) is 0 Å². The van der Waals surface area contributed by atoms with Crippen LogP contribution in [0.5, 0.6) is 0 Å². The van der Waals surface area contributed by atoms with Crippen molar-refractivity contribution in [3.05, 3.63) is 0 Å². The number of hydrogen-bond acceptors (Lipinski definition) is 2. The molecular formula is C12H23N3O. The summed E-state index contributed by atoms with van der Waals surface area (Å²) in [5.41, 5.74) is 0.294. The second kappa shape index (κ2) is 4.62. The first-order chi connectivity index (χ1) is 7.58. The summed E-state index contributed by atoms with van der Waals surface area (Å²) in [6.45, 7) is 9.94. The molecule has 16 heavy (non-hydrogen) atoms. The lowest BCUT2D eigenvalue weighted by Crippen LogP contribution is -2.54. The van der Waals surface area contributed by atoms with E-state index >= 15 is 0 Å². The molecule has 0 aliphatic carbocycles. The Bertz CT molecular complexity index is 259. The maximum atomic E-state index is 12.3. The predicted octanol–water partition coefficient (Wildman–Crippen LogP) is 1.13. The largest absolute Gasteiger partial charge is 0.324 e. The van der Waals surface area contributed by atoms with Gasteiger partial charge in [-0.1, -0.05) is 13.8 Å². The normalized spacial score (nSPS) is 25.6. The summed E-state index contributed by atoms with van der Waals surface area (Å²) < 4.78 is 0. The molecule has 92 valence electrons. The highest BCUT2D eigenvalue weighted by Gasteiger charge is 2.31. The molecule has 2 amide bonds. The van der Waals surface area contributed by atoms with Gasteiger partial charge in [0, 0.05) is 39.3 Å². The zero-order valence-corrected chi connectivity index (χ0v) is 10.5. The molecule has 0 radical (unpaired) electrons. The molecule has 0 atom stereocenters. The molecule has 0 bridgehead atoms. The third-order valence-corrected chi connectivity index (χ3v) is 3.56. The van der Waals surface area contributed by atoms with Gasteiger partial charge in [-0.25, -0.2) is 4.79 Å². The number of urea groups is 1. The molecule has 2 rings (SSSR count). The van der Waals surface area contributed by atoms with E-state index in [1.807, 2.05) is 9.80 Å². The Morgan fingerprint density at radius 2 is 1.81 bits per heavy atom. The van der Waals surface area contributed by atoms with Crippen molar-refractivity contribution in [2.75, 3.05) is 39.3 Å². The lowest BCUT2D eigenvalue weighted by atomic mass is 9.84. The summed E-state index contributed by atoms with van der Waals surface area (Å²) in [7, 11) is 0. The van der Waals surface area contributed by atoms with Crippen molar-refractivity contribution >= 4 is 6.03 Å². The molecule has 2 aliphatic heterocycles. The van der Waals surface area contributed by atoms with Gasteiger partial charge in [-0.05, 0) is 18.3 Å². The summed E-state index contributed by atoms with van der Waals surface area (Å²) in [5, 5.41) is 3.28. The summed E-state index contributed by atoms with van der Waals surface area (Å²) in [6.07, 6.45) is 2.38. The number of likely N-dealkylation sites (tertiary alicyclic amines) is 1. The lowest BCUT2D eigenvalue weighted by Gasteiger charge is -2.41. The van der Waals surface area contributed by atoms with Crippen LogP contribution in [0.2, 0.25) is 0 Å². The van der Waals surface area contributed by atoms with Crippen molar-refractivity contribution in [3.63, 3.8) is 0 Å². The Labute approximate surface area is 98.0 Å². The fourth-order valence-electron chi connectivity index (χ4n) is 2.64. The standard InChI is InChI=1S/C12H23N3O/c1-12(2)4-3-7-15(10-12)11(16)14-8-5-13-6-9-14/h13H,3-10H2,1-2H3. The minimum absolute atomic E-state index is 0.245. The van der Waals surface area contributed by atoms with Crippen LogP contribution < -0.4 is 5.32 Å². The van der Waals surface area contributed by atoms with Crippen LogP contribution in [-0.2, 0) is 0 Å². The molecular weight excluding hydrogens is 202 g/mol. The highest BCUT2D eigenvalue weighted by Crippen LogP contribution is 2.28. The molecule has 0 saturated carbocycles. The number of piperidine rings is 1. The third kappa shape index (κ3) is 2.67. The van der Waals surface area contributed by atoms with Crippen LogP contribution in [0.4, 0.5) is 4.79 Å². The molecule has 4 nitrogen and oxygen atoms in total. The van der Waals surface area contributed by atoms with Crippen molar-refractivity contribution in [1.82, 2.24) is 15.1 Å².